The highest BCUT2D eigenvalue weighted by atomic mass is 16.2. The predicted octanol–water partition coefficient (Wildman–Crippen LogP) is 2.80. The zero-order valence-corrected chi connectivity index (χ0v) is 12.6. The van der Waals surface area contributed by atoms with Gasteiger partial charge in [0.1, 0.15) is 5.78 Å². The summed E-state index contributed by atoms with van der Waals surface area (Å²) in [6.07, 6.45) is 4.10. The molecule has 19 heavy (non-hydrogen) atoms. The van der Waals surface area contributed by atoms with Crippen molar-refractivity contribution >= 4 is 18.1 Å². The van der Waals surface area contributed by atoms with E-state index in [0.29, 0.717) is 31.7 Å². The molecule has 0 aromatic heterocycles. The number of hydrogen-bond donors (Lipinski definition) is 0. The van der Waals surface area contributed by atoms with E-state index >= 15 is 0 Å². The first-order valence-corrected chi connectivity index (χ1v) is 7.12. The standard InChI is InChI=1S/C15H27NO3/c1-12(2)13(3)10-15(19)16(11-17)9-7-5-6-8-14(4)18/h11-13H,5-10H2,1-4H3. The van der Waals surface area contributed by atoms with Gasteiger partial charge in [-0.05, 0) is 31.6 Å². The lowest BCUT2D eigenvalue weighted by Crippen LogP contribution is -2.32. The van der Waals surface area contributed by atoms with Crippen LogP contribution in [0.3, 0.4) is 0 Å². The van der Waals surface area contributed by atoms with Crippen molar-refractivity contribution in [1.82, 2.24) is 4.90 Å². The van der Waals surface area contributed by atoms with Gasteiger partial charge in [0.05, 0.1) is 0 Å². The molecule has 110 valence electrons. The predicted molar refractivity (Wildman–Crippen MR) is 75.5 cm³/mol. The molecule has 0 saturated heterocycles. The van der Waals surface area contributed by atoms with Gasteiger partial charge in [0, 0.05) is 19.4 Å². The molecule has 4 heteroatoms. The molecule has 0 saturated carbocycles. The fraction of sp³-hybridized carbons (Fsp3) is 0.800. The SMILES string of the molecule is CC(=O)CCCCCN(C=O)C(=O)CC(C)C(C)C. The topological polar surface area (TPSA) is 54.5 Å². The van der Waals surface area contributed by atoms with E-state index in [1.165, 1.54) is 4.90 Å². The molecule has 0 bridgehead atoms. The third kappa shape index (κ3) is 8.51. The summed E-state index contributed by atoms with van der Waals surface area (Å²) < 4.78 is 0. The zero-order chi connectivity index (χ0) is 14.8. The Bertz CT molecular complexity index is 300. The summed E-state index contributed by atoms with van der Waals surface area (Å²) in [4.78, 5) is 34.9. The molecule has 0 N–H and O–H groups in total. The van der Waals surface area contributed by atoms with Crippen LogP contribution in [0.5, 0.6) is 0 Å². The molecule has 0 radical (unpaired) electrons. The Morgan fingerprint density at radius 3 is 2.21 bits per heavy atom. The van der Waals surface area contributed by atoms with Crippen LogP contribution in [-0.2, 0) is 14.4 Å². The highest BCUT2D eigenvalue weighted by molar-refractivity contribution is 5.86. The van der Waals surface area contributed by atoms with Crippen molar-refractivity contribution in [2.75, 3.05) is 6.54 Å². The van der Waals surface area contributed by atoms with Crippen LogP contribution >= 0.6 is 0 Å². The van der Waals surface area contributed by atoms with E-state index in [2.05, 4.69) is 13.8 Å². The number of carbonyl (C=O) groups is 3. The third-order valence-electron chi connectivity index (χ3n) is 3.51. The minimum absolute atomic E-state index is 0.0947. The maximum atomic E-state index is 11.9. The van der Waals surface area contributed by atoms with E-state index in [4.69, 9.17) is 0 Å². The summed E-state index contributed by atoms with van der Waals surface area (Å²) in [7, 11) is 0. The Morgan fingerprint density at radius 1 is 1.11 bits per heavy atom. The minimum atomic E-state index is -0.0947. The van der Waals surface area contributed by atoms with Crippen molar-refractivity contribution in [3.8, 4) is 0 Å². The largest absolute Gasteiger partial charge is 0.300 e. The van der Waals surface area contributed by atoms with Crippen molar-refractivity contribution in [3.05, 3.63) is 0 Å². The van der Waals surface area contributed by atoms with Crippen LogP contribution in [0.15, 0.2) is 0 Å². The first-order valence-electron chi connectivity index (χ1n) is 7.12. The van der Waals surface area contributed by atoms with Gasteiger partial charge in [-0.1, -0.05) is 27.2 Å². The third-order valence-corrected chi connectivity index (χ3v) is 3.51. The van der Waals surface area contributed by atoms with E-state index in [-0.39, 0.29) is 17.6 Å². The number of ketones is 1. The number of amides is 2. The van der Waals surface area contributed by atoms with Crippen LogP contribution in [0.1, 0.15) is 59.8 Å². The van der Waals surface area contributed by atoms with Gasteiger partial charge in [-0.3, -0.25) is 14.5 Å². The Hall–Kier alpha value is -1.19. The normalized spacial score (nSPS) is 12.3. The molecule has 0 rings (SSSR count). The van der Waals surface area contributed by atoms with E-state index in [1.807, 2.05) is 6.92 Å². The number of rotatable bonds is 10. The molecule has 0 heterocycles. The van der Waals surface area contributed by atoms with Crippen molar-refractivity contribution in [2.24, 2.45) is 11.8 Å². The lowest BCUT2D eigenvalue weighted by Gasteiger charge is -2.20. The molecule has 0 fully saturated rings. The zero-order valence-electron chi connectivity index (χ0n) is 12.6. The number of Topliss-reactive ketones (excluding diaryl/α,β-unsaturated/α-hetero) is 1. The molecule has 0 aromatic carbocycles. The molecule has 4 nitrogen and oxygen atoms in total. The summed E-state index contributed by atoms with van der Waals surface area (Å²) >= 11 is 0. The Balaban J connectivity index is 3.96. The molecule has 2 amide bonds. The van der Waals surface area contributed by atoms with Crippen molar-refractivity contribution in [2.45, 2.75) is 59.8 Å². The fourth-order valence-corrected chi connectivity index (χ4v) is 1.70. The summed E-state index contributed by atoms with van der Waals surface area (Å²) in [6, 6.07) is 0. The van der Waals surface area contributed by atoms with Gasteiger partial charge in [0.15, 0.2) is 0 Å². The average Bonchev–Trinajstić information content (AvgIpc) is 2.32. The number of hydrogen-bond acceptors (Lipinski definition) is 3. The molecular weight excluding hydrogens is 242 g/mol. The summed E-state index contributed by atoms with van der Waals surface area (Å²) in [5.74, 6) is 0.817. The number of nitrogens with zero attached hydrogens (tertiary/aromatic N) is 1. The van der Waals surface area contributed by atoms with Gasteiger partial charge in [-0.25, -0.2) is 0 Å². The van der Waals surface area contributed by atoms with Crippen LogP contribution < -0.4 is 0 Å². The maximum absolute atomic E-state index is 11.9. The van der Waals surface area contributed by atoms with Gasteiger partial charge in [0.2, 0.25) is 12.3 Å². The van der Waals surface area contributed by atoms with Crippen LogP contribution in [0.2, 0.25) is 0 Å². The van der Waals surface area contributed by atoms with Gasteiger partial charge in [-0.2, -0.15) is 0 Å². The summed E-state index contributed by atoms with van der Waals surface area (Å²) in [5, 5.41) is 0. The van der Waals surface area contributed by atoms with Gasteiger partial charge in [-0.15, -0.1) is 0 Å². The van der Waals surface area contributed by atoms with Crippen molar-refractivity contribution < 1.29 is 14.4 Å². The number of carbonyl (C=O) groups excluding carboxylic acids is 3. The first-order chi connectivity index (χ1) is 8.88. The smallest absolute Gasteiger partial charge is 0.229 e. The summed E-state index contributed by atoms with van der Waals surface area (Å²) in [5.41, 5.74) is 0. The van der Waals surface area contributed by atoms with Crippen LogP contribution in [0.25, 0.3) is 0 Å². The van der Waals surface area contributed by atoms with Gasteiger partial charge in [0.25, 0.3) is 0 Å². The van der Waals surface area contributed by atoms with Crippen LogP contribution in [-0.4, -0.2) is 29.5 Å². The fourth-order valence-electron chi connectivity index (χ4n) is 1.70. The van der Waals surface area contributed by atoms with Crippen molar-refractivity contribution in [3.63, 3.8) is 0 Å². The number of imide groups is 1. The minimum Gasteiger partial charge on any atom is -0.300 e. The van der Waals surface area contributed by atoms with E-state index < -0.39 is 0 Å². The number of unbranched alkanes of at least 4 members (excludes halogenated alkanes) is 2. The van der Waals surface area contributed by atoms with E-state index in [9.17, 15) is 14.4 Å². The quantitative estimate of drug-likeness (QED) is 0.452. The van der Waals surface area contributed by atoms with Gasteiger partial charge < -0.3 is 4.79 Å². The monoisotopic (exact) mass is 269 g/mol. The molecule has 0 aromatic rings. The Labute approximate surface area is 116 Å². The molecule has 0 spiro atoms. The molecule has 1 unspecified atom stereocenters. The molecule has 0 aliphatic carbocycles. The van der Waals surface area contributed by atoms with Crippen LogP contribution in [0.4, 0.5) is 0 Å². The second-order valence-electron chi connectivity index (χ2n) is 5.63. The molecule has 0 aliphatic rings. The van der Waals surface area contributed by atoms with Gasteiger partial charge >= 0.3 is 0 Å². The summed E-state index contributed by atoms with van der Waals surface area (Å²) in [6.45, 7) is 8.22. The Kier molecular flexibility index (Phi) is 9.09. The Morgan fingerprint density at radius 2 is 1.74 bits per heavy atom. The lowest BCUT2D eigenvalue weighted by atomic mass is 9.94. The highest BCUT2D eigenvalue weighted by Crippen LogP contribution is 2.15. The molecule has 1 atom stereocenters. The van der Waals surface area contributed by atoms with Crippen LogP contribution in [0, 0.1) is 11.8 Å². The molecular formula is C15H27NO3. The lowest BCUT2D eigenvalue weighted by molar-refractivity contribution is -0.139. The van der Waals surface area contributed by atoms with E-state index in [0.717, 1.165) is 19.3 Å². The average molecular weight is 269 g/mol. The first kappa shape index (κ1) is 17.8. The second-order valence-corrected chi connectivity index (χ2v) is 5.63. The van der Waals surface area contributed by atoms with Crippen molar-refractivity contribution in [1.29, 1.82) is 0 Å². The maximum Gasteiger partial charge on any atom is 0.229 e. The molecule has 0 aliphatic heterocycles. The second kappa shape index (κ2) is 9.70. The van der Waals surface area contributed by atoms with E-state index in [1.54, 1.807) is 6.92 Å². The highest BCUT2D eigenvalue weighted by Gasteiger charge is 2.17.